The van der Waals surface area contributed by atoms with Crippen LogP contribution < -0.4 is 4.74 Å². The van der Waals surface area contributed by atoms with Gasteiger partial charge in [0.05, 0.1) is 11.4 Å². The summed E-state index contributed by atoms with van der Waals surface area (Å²) in [5.74, 6) is 0.637. The van der Waals surface area contributed by atoms with Gasteiger partial charge in [-0.25, -0.2) is 4.39 Å². The van der Waals surface area contributed by atoms with E-state index in [0.717, 1.165) is 22.4 Å². The Morgan fingerprint density at radius 2 is 1.84 bits per heavy atom. The van der Waals surface area contributed by atoms with E-state index in [2.05, 4.69) is 15.9 Å². The Labute approximate surface area is 121 Å². The number of rotatable bonds is 4. The molecule has 0 radical (unpaired) electrons. The number of alkyl halides is 1. The molecule has 19 heavy (non-hydrogen) atoms. The first kappa shape index (κ1) is 14.1. The van der Waals surface area contributed by atoms with Crippen molar-refractivity contribution in [3.8, 4) is 5.75 Å². The molecule has 0 aliphatic heterocycles. The van der Waals surface area contributed by atoms with E-state index in [1.165, 1.54) is 6.07 Å². The number of halogens is 2. The molecule has 1 atom stereocenters. The van der Waals surface area contributed by atoms with Crippen LogP contribution in [0.3, 0.4) is 0 Å². The summed E-state index contributed by atoms with van der Waals surface area (Å²) in [6.45, 7) is 4.59. The molecule has 2 rings (SSSR count). The SMILES string of the molecule is CCOc1ccc(C(Br)c2cc(F)ccc2C)cc1. The second kappa shape index (κ2) is 6.20. The van der Waals surface area contributed by atoms with Crippen molar-refractivity contribution in [3.05, 3.63) is 65.0 Å². The molecule has 0 saturated carbocycles. The van der Waals surface area contributed by atoms with E-state index in [1.54, 1.807) is 12.1 Å². The maximum Gasteiger partial charge on any atom is 0.123 e. The van der Waals surface area contributed by atoms with Gasteiger partial charge < -0.3 is 4.74 Å². The summed E-state index contributed by atoms with van der Waals surface area (Å²) in [7, 11) is 0. The fourth-order valence-electron chi connectivity index (χ4n) is 1.96. The molecular formula is C16H16BrFO. The smallest absolute Gasteiger partial charge is 0.123 e. The highest BCUT2D eigenvalue weighted by atomic mass is 79.9. The Morgan fingerprint density at radius 3 is 2.47 bits per heavy atom. The highest BCUT2D eigenvalue weighted by Gasteiger charge is 2.13. The molecule has 0 spiro atoms. The zero-order valence-electron chi connectivity index (χ0n) is 11.0. The second-order valence-electron chi connectivity index (χ2n) is 4.37. The fraction of sp³-hybridized carbons (Fsp3) is 0.250. The summed E-state index contributed by atoms with van der Waals surface area (Å²) < 4.78 is 18.8. The summed E-state index contributed by atoms with van der Waals surface area (Å²) in [4.78, 5) is -0.0149. The van der Waals surface area contributed by atoms with Crippen molar-refractivity contribution in [3.63, 3.8) is 0 Å². The zero-order chi connectivity index (χ0) is 13.8. The third-order valence-corrected chi connectivity index (χ3v) is 4.02. The summed E-state index contributed by atoms with van der Waals surface area (Å²) in [5.41, 5.74) is 3.10. The quantitative estimate of drug-likeness (QED) is 0.718. The van der Waals surface area contributed by atoms with Crippen molar-refractivity contribution in [1.29, 1.82) is 0 Å². The van der Waals surface area contributed by atoms with Gasteiger partial charge in [-0.2, -0.15) is 0 Å². The van der Waals surface area contributed by atoms with Gasteiger partial charge in [0.15, 0.2) is 0 Å². The molecule has 0 bridgehead atoms. The Hall–Kier alpha value is -1.35. The van der Waals surface area contributed by atoms with Crippen molar-refractivity contribution in [2.75, 3.05) is 6.61 Å². The van der Waals surface area contributed by atoms with E-state index in [-0.39, 0.29) is 10.6 Å². The lowest BCUT2D eigenvalue weighted by Crippen LogP contribution is -1.97. The first-order chi connectivity index (χ1) is 9.11. The predicted octanol–water partition coefficient (Wildman–Crippen LogP) is 5.02. The van der Waals surface area contributed by atoms with Crippen LogP contribution in [0.1, 0.15) is 28.4 Å². The van der Waals surface area contributed by atoms with Gasteiger partial charge in [-0.1, -0.05) is 34.1 Å². The van der Waals surface area contributed by atoms with Crippen LogP contribution in [0.5, 0.6) is 5.75 Å². The number of benzene rings is 2. The fourth-order valence-corrected chi connectivity index (χ4v) is 2.76. The Bertz CT molecular complexity index is 551. The van der Waals surface area contributed by atoms with Crippen LogP contribution in [0.15, 0.2) is 42.5 Å². The maximum atomic E-state index is 13.3. The van der Waals surface area contributed by atoms with E-state index >= 15 is 0 Å². The van der Waals surface area contributed by atoms with Crippen LogP contribution >= 0.6 is 15.9 Å². The molecule has 2 aromatic rings. The molecule has 0 amide bonds. The molecule has 0 aliphatic rings. The van der Waals surface area contributed by atoms with Crippen LogP contribution in [0.4, 0.5) is 4.39 Å². The standard InChI is InChI=1S/C16H16BrFO/c1-3-19-14-8-5-12(6-9-14)16(17)15-10-13(18)7-4-11(15)2/h4-10,16H,3H2,1-2H3. The van der Waals surface area contributed by atoms with Gasteiger partial charge >= 0.3 is 0 Å². The summed E-state index contributed by atoms with van der Waals surface area (Å²) in [5, 5.41) is 0. The highest BCUT2D eigenvalue weighted by molar-refractivity contribution is 9.09. The third kappa shape index (κ3) is 3.35. The van der Waals surface area contributed by atoms with Gasteiger partial charge in [-0.3, -0.25) is 0 Å². The molecule has 0 aliphatic carbocycles. The van der Waals surface area contributed by atoms with Crippen LogP contribution in [0.2, 0.25) is 0 Å². The van der Waals surface area contributed by atoms with E-state index in [4.69, 9.17) is 4.74 Å². The van der Waals surface area contributed by atoms with E-state index in [9.17, 15) is 4.39 Å². The molecule has 0 saturated heterocycles. The number of hydrogen-bond donors (Lipinski definition) is 0. The molecule has 0 N–H and O–H groups in total. The van der Waals surface area contributed by atoms with Gasteiger partial charge in [0.2, 0.25) is 0 Å². The molecule has 0 heterocycles. The van der Waals surface area contributed by atoms with Crippen molar-refractivity contribution in [2.45, 2.75) is 18.7 Å². The van der Waals surface area contributed by atoms with Crippen LogP contribution in [-0.4, -0.2) is 6.61 Å². The van der Waals surface area contributed by atoms with Gasteiger partial charge in [0.1, 0.15) is 11.6 Å². The maximum absolute atomic E-state index is 13.3. The molecule has 0 aromatic heterocycles. The van der Waals surface area contributed by atoms with Crippen molar-refractivity contribution in [1.82, 2.24) is 0 Å². The molecule has 2 aromatic carbocycles. The van der Waals surface area contributed by atoms with E-state index < -0.39 is 0 Å². The molecular weight excluding hydrogens is 307 g/mol. The normalized spacial score (nSPS) is 12.2. The number of hydrogen-bond acceptors (Lipinski definition) is 1. The van der Waals surface area contributed by atoms with Crippen LogP contribution in [0, 0.1) is 12.7 Å². The Balaban J connectivity index is 2.27. The Kier molecular flexibility index (Phi) is 4.59. The highest BCUT2D eigenvalue weighted by Crippen LogP contribution is 2.33. The van der Waals surface area contributed by atoms with Crippen LogP contribution in [-0.2, 0) is 0 Å². The van der Waals surface area contributed by atoms with Crippen LogP contribution in [0.25, 0.3) is 0 Å². The lowest BCUT2D eigenvalue weighted by atomic mass is 10.0. The second-order valence-corrected chi connectivity index (χ2v) is 5.28. The zero-order valence-corrected chi connectivity index (χ0v) is 12.6. The monoisotopic (exact) mass is 322 g/mol. The van der Waals surface area contributed by atoms with Crippen molar-refractivity contribution >= 4 is 15.9 Å². The number of ether oxygens (including phenoxy) is 1. The molecule has 0 fully saturated rings. The predicted molar refractivity (Wildman–Crippen MR) is 79.5 cm³/mol. The summed E-state index contributed by atoms with van der Waals surface area (Å²) >= 11 is 3.64. The van der Waals surface area contributed by atoms with Gasteiger partial charge in [0.25, 0.3) is 0 Å². The Morgan fingerprint density at radius 1 is 1.16 bits per heavy atom. The van der Waals surface area contributed by atoms with Crippen molar-refractivity contribution in [2.24, 2.45) is 0 Å². The minimum atomic E-state index is -0.212. The minimum Gasteiger partial charge on any atom is -0.494 e. The van der Waals surface area contributed by atoms with E-state index in [0.29, 0.717) is 6.61 Å². The summed E-state index contributed by atoms with van der Waals surface area (Å²) in [6, 6.07) is 12.7. The first-order valence-corrected chi connectivity index (χ1v) is 7.16. The molecule has 1 unspecified atom stereocenters. The lowest BCUT2D eigenvalue weighted by Gasteiger charge is -2.14. The summed E-state index contributed by atoms with van der Waals surface area (Å²) in [6.07, 6.45) is 0. The largest absolute Gasteiger partial charge is 0.494 e. The van der Waals surface area contributed by atoms with Gasteiger partial charge in [-0.15, -0.1) is 0 Å². The number of aryl methyl sites for hydroxylation is 1. The minimum absolute atomic E-state index is 0.0149. The van der Waals surface area contributed by atoms with E-state index in [1.807, 2.05) is 38.1 Å². The first-order valence-electron chi connectivity index (χ1n) is 6.24. The topological polar surface area (TPSA) is 9.23 Å². The molecule has 100 valence electrons. The van der Waals surface area contributed by atoms with Gasteiger partial charge in [0, 0.05) is 0 Å². The molecule has 1 nitrogen and oxygen atoms in total. The van der Waals surface area contributed by atoms with Crippen molar-refractivity contribution < 1.29 is 9.13 Å². The molecule has 3 heteroatoms. The average Bonchev–Trinajstić information content (AvgIpc) is 2.42. The third-order valence-electron chi connectivity index (χ3n) is 3.00. The van der Waals surface area contributed by atoms with Gasteiger partial charge in [-0.05, 0) is 54.8 Å². The lowest BCUT2D eigenvalue weighted by molar-refractivity contribution is 0.340. The average molecular weight is 323 g/mol.